The van der Waals surface area contributed by atoms with E-state index in [9.17, 15) is 14.4 Å². The zero-order chi connectivity index (χ0) is 18.8. The normalized spacial score (nSPS) is 16.7. The summed E-state index contributed by atoms with van der Waals surface area (Å²) in [6.07, 6.45) is 3.27. The molecule has 0 saturated carbocycles. The van der Waals surface area contributed by atoms with Crippen molar-refractivity contribution in [2.24, 2.45) is 5.73 Å². The Balaban J connectivity index is 1.90. The van der Waals surface area contributed by atoms with Gasteiger partial charge in [-0.3, -0.25) is 14.4 Å². The lowest BCUT2D eigenvalue weighted by molar-refractivity contribution is -0.118. The first kappa shape index (κ1) is 17.9. The van der Waals surface area contributed by atoms with Crippen LogP contribution in [0.25, 0.3) is 0 Å². The zero-order valence-corrected chi connectivity index (χ0v) is 15.1. The van der Waals surface area contributed by atoms with Gasteiger partial charge in [-0.15, -0.1) is 0 Å². The Morgan fingerprint density at radius 2 is 1.92 bits per heavy atom. The summed E-state index contributed by atoms with van der Waals surface area (Å²) in [7, 11) is 0. The van der Waals surface area contributed by atoms with Gasteiger partial charge in [-0.2, -0.15) is 0 Å². The quantitative estimate of drug-likeness (QED) is 0.911. The molecule has 1 saturated heterocycles. The van der Waals surface area contributed by atoms with Crippen LogP contribution in [0, 0.1) is 13.8 Å². The van der Waals surface area contributed by atoms with Crippen molar-refractivity contribution >= 4 is 11.8 Å². The van der Waals surface area contributed by atoms with Crippen molar-refractivity contribution in [2.75, 3.05) is 6.54 Å². The van der Waals surface area contributed by atoms with E-state index in [-0.39, 0.29) is 24.1 Å². The van der Waals surface area contributed by atoms with Crippen LogP contribution in [0.3, 0.4) is 0 Å². The molecular weight excluding hydrogens is 330 g/mol. The summed E-state index contributed by atoms with van der Waals surface area (Å²) >= 11 is 0. The summed E-state index contributed by atoms with van der Waals surface area (Å²) in [4.78, 5) is 37.8. The van der Waals surface area contributed by atoms with Crippen molar-refractivity contribution in [3.63, 3.8) is 0 Å². The topological polar surface area (TPSA) is 85.4 Å². The first-order chi connectivity index (χ1) is 12.4. The maximum atomic E-state index is 13.0. The third-order valence-corrected chi connectivity index (χ3v) is 4.99. The Kier molecular flexibility index (Phi) is 4.93. The second-order valence-corrected chi connectivity index (χ2v) is 6.85. The van der Waals surface area contributed by atoms with Crippen molar-refractivity contribution in [3.05, 3.63) is 69.1 Å². The van der Waals surface area contributed by atoms with Gasteiger partial charge in [0.2, 0.25) is 5.91 Å². The number of primary amides is 1. The molecule has 1 fully saturated rings. The molecule has 1 atom stereocenters. The number of amides is 2. The van der Waals surface area contributed by atoms with Gasteiger partial charge in [-0.05, 0) is 49.4 Å². The van der Waals surface area contributed by atoms with Gasteiger partial charge >= 0.3 is 0 Å². The third kappa shape index (κ3) is 3.54. The van der Waals surface area contributed by atoms with Crippen LogP contribution in [0.15, 0.2) is 41.3 Å². The number of rotatable bonds is 4. The highest BCUT2D eigenvalue weighted by molar-refractivity contribution is 5.94. The van der Waals surface area contributed by atoms with Crippen molar-refractivity contribution < 1.29 is 9.59 Å². The van der Waals surface area contributed by atoms with Crippen LogP contribution in [0.2, 0.25) is 0 Å². The average Bonchev–Trinajstić information content (AvgIpc) is 3.08. The monoisotopic (exact) mass is 353 g/mol. The van der Waals surface area contributed by atoms with E-state index in [1.165, 1.54) is 34.0 Å². The number of nitrogens with two attached hydrogens (primary N) is 1. The molecule has 1 unspecified atom stereocenters. The van der Waals surface area contributed by atoms with E-state index in [0.29, 0.717) is 12.1 Å². The maximum absolute atomic E-state index is 13.0. The van der Waals surface area contributed by atoms with Crippen LogP contribution in [0.1, 0.15) is 45.9 Å². The molecular formula is C20H23N3O3. The number of hydrogen-bond acceptors (Lipinski definition) is 3. The molecule has 1 aliphatic rings. The lowest BCUT2D eigenvalue weighted by Crippen LogP contribution is -2.33. The summed E-state index contributed by atoms with van der Waals surface area (Å²) in [5, 5.41) is 0. The van der Waals surface area contributed by atoms with Crippen LogP contribution in [-0.2, 0) is 11.3 Å². The number of likely N-dealkylation sites (tertiary alicyclic amines) is 1. The fourth-order valence-corrected chi connectivity index (χ4v) is 3.44. The summed E-state index contributed by atoms with van der Waals surface area (Å²) in [5.74, 6) is -0.755. The molecule has 6 heteroatoms. The second kappa shape index (κ2) is 7.15. The second-order valence-electron chi connectivity index (χ2n) is 6.85. The molecule has 1 aromatic heterocycles. The Morgan fingerprint density at radius 1 is 1.15 bits per heavy atom. The van der Waals surface area contributed by atoms with E-state index in [1.807, 2.05) is 4.90 Å². The molecule has 0 aliphatic carbocycles. The molecule has 1 aromatic carbocycles. The summed E-state index contributed by atoms with van der Waals surface area (Å²) in [6.45, 7) is 4.57. The van der Waals surface area contributed by atoms with E-state index in [4.69, 9.17) is 5.73 Å². The molecule has 0 spiro atoms. The summed E-state index contributed by atoms with van der Waals surface area (Å²) in [6, 6.07) is 9.14. The molecule has 26 heavy (non-hydrogen) atoms. The fraction of sp³-hybridized carbons (Fsp3) is 0.350. The molecule has 2 N–H and O–H groups in total. The molecule has 3 rings (SSSR count). The number of carbonyl (C=O) groups is 2. The van der Waals surface area contributed by atoms with Crippen molar-refractivity contribution in [1.29, 1.82) is 0 Å². The molecule has 1 aliphatic heterocycles. The summed E-state index contributed by atoms with van der Waals surface area (Å²) < 4.78 is 1.18. The molecule has 136 valence electrons. The third-order valence-electron chi connectivity index (χ3n) is 4.99. The number of hydrogen-bond donors (Lipinski definition) is 1. The van der Waals surface area contributed by atoms with E-state index < -0.39 is 5.91 Å². The predicted octanol–water partition coefficient (Wildman–Crippen LogP) is 1.93. The lowest BCUT2D eigenvalue weighted by atomic mass is 9.99. The Labute approximate surface area is 152 Å². The molecule has 2 heterocycles. The fourth-order valence-electron chi connectivity index (χ4n) is 3.44. The van der Waals surface area contributed by atoms with Gasteiger partial charge in [-0.25, -0.2) is 0 Å². The van der Waals surface area contributed by atoms with Gasteiger partial charge in [0.15, 0.2) is 0 Å². The number of pyridine rings is 1. The van der Waals surface area contributed by atoms with Crippen molar-refractivity contribution in [1.82, 2.24) is 9.47 Å². The lowest BCUT2D eigenvalue weighted by Gasteiger charge is -2.26. The average molecular weight is 353 g/mol. The van der Waals surface area contributed by atoms with Crippen LogP contribution in [0.5, 0.6) is 0 Å². The van der Waals surface area contributed by atoms with Crippen LogP contribution < -0.4 is 11.3 Å². The first-order valence-electron chi connectivity index (χ1n) is 8.73. The standard InChI is InChI=1S/C20H23N3O3/c1-13-5-6-15(10-14(13)2)17-4-3-9-23(17)20(26)16-7-8-19(25)22(11-16)12-18(21)24/h5-8,10-11,17H,3-4,9,12H2,1-2H3,(H2,21,24). The molecule has 2 amide bonds. The minimum absolute atomic E-state index is 0.0262. The van der Waals surface area contributed by atoms with E-state index in [0.717, 1.165) is 18.4 Å². The SMILES string of the molecule is Cc1ccc(C2CCCN2C(=O)c2ccc(=O)n(CC(N)=O)c2)cc1C. The van der Waals surface area contributed by atoms with Gasteiger partial charge in [0.1, 0.15) is 6.54 Å². The van der Waals surface area contributed by atoms with E-state index in [1.54, 1.807) is 0 Å². The highest BCUT2D eigenvalue weighted by Crippen LogP contribution is 2.33. The Morgan fingerprint density at radius 3 is 2.62 bits per heavy atom. The Bertz CT molecular complexity index is 917. The van der Waals surface area contributed by atoms with Gasteiger partial charge in [0, 0.05) is 18.8 Å². The van der Waals surface area contributed by atoms with Gasteiger partial charge in [0.05, 0.1) is 11.6 Å². The van der Waals surface area contributed by atoms with Gasteiger partial charge in [0.25, 0.3) is 11.5 Å². The minimum Gasteiger partial charge on any atom is -0.368 e. The summed E-state index contributed by atoms with van der Waals surface area (Å²) in [5.41, 5.74) is 8.77. The van der Waals surface area contributed by atoms with Crippen molar-refractivity contribution in [2.45, 2.75) is 39.3 Å². The number of aryl methyl sites for hydroxylation is 2. The van der Waals surface area contributed by atoms with E-state index in [2.05, 4.69) is 32.0 Å². The van der Waals surface area contributed by atoms with Gasteiger partial charge in [-0.1, -0.05) is 18.2 Å². The highest BCUT2D eigenvalue weighted by Gasteiger charge is 2.31. The smallest absolute Gasteiger partial charge is 0.255 e. The number of nitrogens with zero attached hydrogens (tertiary/aromatic N) is 2. The number of carbonyl (C=O) groups excluding carboxylic acids is 2. The zero-order valence-electron chi connectivity index (χ0n) is 15.1. The van der Waals surface area contributed by atoms with E-state index >= 15 is 0 Å². The molecule has 6 nitrogen and oxygen atoms in total. The highest BCUT2D eigenvalue weighted by atomic mass is 16.2. The predicted molar refractivity (Wildman–Crippen MR) is 98.8 cm³/mol. The van der Waals surface area contributed by atoms with Crippen LogP contribution in [0.4, 0.5) is 0 Å². The number of aromatic nitrogens is 1. The van der Waals surface area contributed by atoms with Crippen LogP contribution >= 0.6 is 0 Å². The molecule has 0 radical (unpaired) electrons. The number of benzene rings is 1. The maximum Gasteiger partial charge on any atom is 0.255 e. The van der Waals surface area contributed by atoms with Crippen LogP contribution in [-0.4, -0.2) is 27.8 Å². The largest absolute Gasteiger partial charge is 0.368 e. The first-order valence-corrected chi connectivity index (χ1v) is 8.73. The molecule has 2 aromatic rings. The Hall–Kier alpha value is -2.89. The van der Waals surface area contributed by atoms with Crippen molar-refractivity contribution in [3.8, 4) is 0 Å². The van der Waals surface area contributed by atoms with Gasteiger partial charge < -0.3 is 15.2 Å². The minimum atomic E-state index is -0.620. The molecule has 0 bridgehead atoms.